The number of rotatable bonds is 8. The Bertz CT molecular complexity index is 574. The van der Waals surface area contributed by atoms with E-state index in [2.05, 4.69) is 17.6 Å². The molecule has 1 aromatic carbocycles. The van der Waals surface area contributed by atoms with Gasteiger partial charge in [-0.1, -0.05) is 26.2 Å². The fourth-order valence-corrected chi connectivity index (χ4v) is 2.48. The van der Waals surface area contributed by atoms with Crippen molar-refractivity contribution in [3.05, 3.63) is 24.3 Å². The third kappa shape index (κ3) is 5.59. The first-order valence-corrected chi connectivity index (χ1v) is 8.59. The van der Waals surface area contributed by atoms with Crippen molar-refractivity contribution >= 4 is 21.6 Å². The molecule has 0 saturated heterocycles. The molecular weight excluding hydrogens is 314 g/mol. The number of sulfone groups is 1. The Kier molecular flexibility index (Phi) is 7.23. The number of halogens is 2. The van der Waals surface area contributed by atoms with Gasteiger partial charge in [-0.05, 0) is 30.7 Å². The Hall–Kier alpha value is -1.70. The Morgan fingerprint density at radius 3 is 2.32 bits per heavy atom. The number of carbonyl (C=O) groups excluding carboxylic acids is 1. The highest BCUT2D eigenvalue weighted by Gasteiger charge is 2.26. The molecule has 0 atom stereocenters. The minimum absolute atomic E-state index is 0.333. The topological polar surface area (TPSA) is 75.3 Å². The van der Waals surface area contributed by atoms with E-state index in [1.165, 1.54) is 12.1 Å². The van der Waals surface area contributed by atoms with Gasteiger partial charge in [-0.25, -0.2) is 13.2 Å². The monoisotopic (exact) mass is 334 g/mol. The van der Waals surface area contributed by atoms with E-state index in [0.717, 1.165) is 37.8 Å². The van der Waals surface area contributed by atoms with Gasteiger partial charge in [0, 0.05) is 12.2 Å². The molecule has 0 heterocycles. The minimum Gasteiger partial charge on any atom is -0.338 e. The molecule has 0 bridgehead atoms. The second-order valence-electron chi connectivity index (χ2n) is 4.77. The van der Waals surface area contributed by atoms with Crippen molar-refractivity contribution in [1.29, 1.82) is 0 Å². The van der Waals surface area contributed by atoms with Crippen LogP contribution in [0.5, 0.6) is 0 Å². The summed E-state index contributed by atoms with van der Waals surface area (Å²) in [7, 11) is -4.61. The van der Waals surface area contributed by atoms with Crippen molar-refractivity contribution in [1.82, 2.24) is 5.32 Å². The summed E-state index contributed by atoms with van der Waals surface area (Å²) in [4.78, 5) is 11.1. The molecule has 0 radical (unpaired) electrons. The largest absolute Gasteiger partial charge is 0.341 e. The van der Waals surface area contributed by atoms with E-state index in [9.17, 15) is 22.0 Å². The molecule has 0 aliphatic rings. The first-order chi connectivity index (χ1) is 10.4. The van der Waals surface area contributed by atoms with Gasteiger partial charge in [0.25, 0.3) is 0 Å². The molecule has 0 aliphatic carbocycles. The fraction of sp³-hybridized carbons (Fsp3) is 0.500. The Labute approximate surface area is 129 Å². The second kappa shape index (κ2) is 8.67. The molecule has 5 nitrogen and oxygen atoms in total. The second-order valence-corrected chi connectivity index (χ2v) is 6.69. The number of anilines is 1. The average Bonchev–Trinajstić information content (AvgIpc) is 2.47. The zero-order valence-electron chi connectivity index (χ0n) is 12.3. The molecule has 0 unspecified atom stereocenters. The minimum atomic E-state index is -4.61. The lowest BCUT2D eigenvalue weighted by Gasteiger charge is -2.08. The van der Waals surface area contributed by atoms with Gasteiger partial charge in [0.1, 0.15) is 0 Å². The highest BCUT2D eigenvalue weighted by Crippen LogP contribution is 2.20. The molecule has 0 aliphatic heterocycles. The van der Waals surface area contributed by atoms with Gasteiger partial charge < -0.3 is 10.6 Å². The smallest absolute Gasteiger partial charge is 0.338 e. The molecule has 0 fully saturated rings. The summed E-state index contributed by atoms with van der Waals surface area (Å²) >= 11 is 0. The Morgan fingerprint density at radius 1 is 1.14 bits per heavy atom. The molecule has 22 heavy (non-hydrogen) atoms. The molecule has 0 saturated carbocycles. The first-order valence-electron chi connectivity index (χ1n) is 7.05. The molecule has 1 rings (SSSR count). The van der Waals surface area contributed by atoms with Crippen LogP contribution in [0.2, 0.25) is 0 Å². The SMILES string of the molecule is CCCCCCNC(=O)Nc1ccc(S(=O)(=O)C(F)F)cc1. The standard InChI is InChI=1S/C14H20F2N2O3S/c1-2-3-4-5-10-17-14(19)18-11-6-8-12(9-7-11)22(20,21)13(15)16/h6-9,13H,2-5,10H2,1H3,(H2,17,18,19). The lowest BCUT2D eigenvalue weighted by molar-refractivity contribution is 0.234. The number of amides is 2. The van der Waals surface area contributed by atoms with Gasteiger partial charge in [-0.15, -0.1) is 0 Å². The predicted octanol–water partition coefficient (Wildman–Crippen LogP) is 3.38. The predicted molar refractivity (Wildman–Crippen MR) is 80.8 cm³/mol. The lowest BCUT2D eigenvalue weighted by atomic mass is 10.2. The molecule has 0 spiro atoms. The number of urea groups is 1. The van der Waals surface area contributed by atoms with E-state index in [0.29, 0.717) is 12.2 Å². The van der Waals surface area contributed by atoms with Crippen molar-refractivity contribution in [2.24, 2.45) is 0 Å². The van der Waals surface area contributed by atoms with Crippen LogP contribution in [0.4, 0.5) is 19.3 Å². The van der Waals surface area contributed by atoms with Crippen molar-refractivity contribution in [3.8, 4) is 0 Å². The average molecular weight is 334 g/mol. The molecular formula is C14H20F2N2O3S. The van der Waals surface area contributed by atoms with Gasteiger partial charge >= 0.3 is 11.8 Å². The summed E-state index contributed by atoms with van der Waals surface area (Å²) in [5, 5.41) is 5.17. The van der Waals surface area contributed by atoms with Crippen LogP contribution in [-0.2, 0) is 9.84 Å². The summed E-state index contributed by atoms with van der Waals surface area (Å²) in [6, 6.07) is 4.20. The van der Waals surface area contributed by atoms with Crippen molar-refractivity contribution in [3.63, 3.8) is 0 Å². The Morgan fingerprint density at radius 2 is 1.77 bits per heavy atom. The molecule has 2 N–H and O–H groups in total. The number of alkyl halides is 2. The summed E-state index contributed by atoms with van der Waals surface area (Å²) in [6.07, 6.45) is 4.15. The van der Waals surface area contributed by atoms with E-state index in [1.807, 2.05) is 0 Å². The van der Waals surface area contributed by atoms with Gasteiger partial charge in [0.05, 0.1) is 4.90 Å². The van der Waals surface area contributed by atoms with Crippen LogP contribution >= 0.6 is 0 Å². The van der Waals surface area contributed by atoms with Crippen LogP contribution in [0, 0.1) is 0 Å². The van der Waals surface area contributed by atoms with Crippen molar-refractivity contribution < 1.29 is 22.0 Å². The molecule has 124 valence electrons. The van der Waals surface area contributed by atoms with Crippen LogP contribution in [0.1, 0.15) is 32.6 Å². The van der Waals surface area contributed by atoms with E-state index in [1.54, 1.807) is 0 Å². The van der Waals surface area contributed by atoms with E-state index >= 15 is 0 Å². The maximum atomic E-state index is 12.4. The number of hydrogen-bond donors (Lipinski definition) is 2. The molecule has 8 heteroatoms. The van der Waals surface area contributed by atoms with Crippen LogP contribution in [0.15, 0.2) is 29.2 Å². The van der Waals surface area contributed by atoms with Crippen LogP contribution < -0.4 is 10.6 Å². The van der Waals surface area contributed by atoms with Gasteiger partial charge in [-0.3, -0.25) is 0 Å². The maximum absolute atomic E-state index is 12.4. The first kappa shape index (κ1) is 18.3. The molecule has 0 aromatic heterocycles. The quantitative estimate of drug-likeness (QED) is 0.716. The normalized spacial score (nSPS) is 11.5. The fourth-order valence-electron chi connectivity index (χ4n) is 1.76. The van der Waals surface area contributed by atoms with Crippen molar-refractivity contribution in [2.45, 2.75) is 43.3 Å². The van der Waals surface area contributed by atoms with Crippen LogP contribution in [-0.4, -0.2) is 26.8 Å². The molecule has 1 aromatic rings. The van der Waals surface area contributed by atoms with Gasteiger partial charge in [0.2, 0.25) is 9.84 Å². The number of unbranched alkanes of at least 4 members (excludes halogenated alkanes) is 3. The highest BCUT2D eigenvalue weighted by molar-refractivity contribution is 7.91. The number of nitrogens with one attached hydrogen (secondary N) is 2. The Balaban J connectivity index is 2.49. The third-order valence-corrected chi connectivity index (χ3v) is 4.39. The van der Waals surface area contributed by atoms with Gasteiger partial charge in [0.15, 0.2) is 0 Å². The lowest BCUT2D eigenvalue weighted by Crippen LogP contribution is -2.29. The third-order valence-electron chi connectivity index (χ3n) is 2.99. The molecule has 2 amide bonds. The van der Waals surface area contributed by atoms with Crippen molar-refractivity contribution in [2.75, 3.05) is 11.9 Å². The maximum Gasteiger partial charge on any atom is 0.341 e. The summed E-state index contributed by atoms with van der Waals surface area (Å²) in [6.45, 7) is 2.64. The van der Waals surface area contributed by atoms with Gasteiger partial charge in [-0.2, -0.15) is 8.78 Å². The zero-order chi connectivity index (χ0) is 16.6. The number of benzene rings is 1. The number of carbonyl (C=O) groups is 1. The summed E-state index contributed by atoms with van der Waals surface area (Å²) in [5.41, 5.74) is 0.333. The van der Waals surface area contributed by atoms with Crippen LogP contribution in [0.3, 0.4) is 0 Å². The van der Waals surface area contributed by atoms with E-state index in [4.69, 9.17) is 0 Å². The zero-order valence-corrected chi connectivity index (χ0v) is 13.1. The summed E-state index contributed by atoms with van der Waals surface area (Å²) in [5.74, 6) is -3.46. The highest BCUT2D eigenvalue weighted by atomic mass is 32.2. The van der Waals surface area contributed by atoms with E-state index in [-0.39, 0.29) is 0 Å². The number of hydrogen-bond acceptors (Lipinski definition) is 3. The van der Waals surface area contributed by atoms with Crippen LogP contribution in [0.25, 0.3) is 0 Å². The van der Waals surface area contributed by atoms with E-state index < -0.39 is 26.5 Å². The summed E-state index contributed by atoms with van der Waals surface area (Å²) < 4.78 is 47.2.